The van der Waals surface area contributed by atoms with Crippen molar-refractivity contribution < 1.29 is 27.2 Å². The second kappa shape index (κ2) is 6.17. The van der Waals surface area contributed by atoms with E-state index < -0.39 is 12.8 Å². The standard InChI is InChI=1S/C15H24BF3O3/c1-13(2)14(3,4)22-16(21-13)12-7-5-11(6-8-12)9-20-10-15(17,18)19/h7,11H,5-6,8-10H2,1-4H3. The van der Waals surface area contributed by atoms with Crippen molar-refractivity contribution in [2.24, 2.45) is 5.92 Å². The van der Waals surface area contributed by atoms with E-state index in [4.69, 9.17) is 14.0 Å². The van der Waals surface area contributed by atoms with E-state index in [1.54, 1.807) is 0 Å². The summed E-state index contributed by atoms with van der Waals surface area (Å²) in [5, 5.41) is 0. The van der Waals surface area contributed by atoms with Gasteiger partial charge in [0.1, 0.15) is 6.61 Å². The van der Waals surface area contributed by atoms with Gasteiger partial charge in [0.25, 0.3) is 0 Å². The van der Waals surface area contributed by atoms with E-state index >= 15 is 0 Å². The number of ether oxygens (including phenoxy) is 1. The molecule has 1 atom stereocenters. The van der Waals surface area contributed by atoms with Gasteiger partial charge >= 0.3 is 13.3 Å². The van der Waals surface area contributed by atoms with Crippen molar-refractivity contribution in [1.82, 2.24) is 0 Å². The van der Waals surface area contributed by atoms with Crippen molar-refractivity contribution in [3.63, 3.8) is 0 Å². The van der Waals surface area contributed by atoms with Crippen LogP contribution in [0.4, 0.5) is 13.2 Å². The third-order valence-corrected chi connectivity index (χ3v) is 4.73. The number of alkyl halides is 3. The lowest BCUT2D eigenvalue weighted by Crippen LogP contribution is -2.41. The summed E-state index contributed by atoms with van der Waals surface area (Å²) >= 11 is 0. The predicted octanol–water partition coefficient (Wildman–Crippen LogP) is 3.92. The van der Waals surface area contributed by atoms with E-state index in [2.05, 4.69) is 0 Å². The zero-order valence-corrected chi connectivity index (χ0v) is 13.6. The SMILES string of the molecule is CC1(C)OB(C2=CCC(COCC(F)(F)F)CC2)OC1(C)C. The van der Waals surface area contributed by atoms with Crippen LogP contribution in [0.5, 0.6) is 0 Å². The third-order valence-electron chi connectivity index (χ3n) is 4.73. The Morgan fingerprint density at radius 3 is 2.27 bits per heavy atom. The van der Waals surface area contributed by atoms with Crippen LogP contribution in [0.2, 0.25) is 0 Å². The summed E-state index contributed by atoms with van der Waals surface area (Å²) in [6, 6.07) is 0. The lowest BCUT2D eigenvalue weighted by atomic mass is 9.71. The van der Waals surface area contributed by atoms with Gasteiger partial charge in [-0.25, -0.2) is 0 Å². The maximum absolute atomic E-state index is 12.1. The molecule has 0 saturated carbocycles. The molecule has 1 unspecified atom stereocenters. The van der Waals surface area contributed by atoms with Crippen LogP contribution >= 0.6 is 0 Å². The molecule has 0 aromatic heterocycles. The smallest absolute Gasteiger partial charge is 0.400 e. The molecule has 0 radical (unpaired) electrons. The minimum absolute atomic E-state index is 0.133. The summed E-state index contributed by atoms with van der Waals surface area (Å²) in [6.45, 7) is 6.99. The maximum Gasteiger partial charge on any atom is 0.490 e. The number of hydrogen-bond acceptors (Lipinski definition) is 3. The summed E-state index contributed by atoms with van der Waals surface area (Å²) in [5.41, 5.74) is 0.349. The van der Waals surface area contributed by atoms with Gasteiger partial charge in [0.2, 0.25) is 0 Å². The predicted molar refractivity (Wildman–Crippen MR) is 78.4 cm³/mol. The van der Waals surface area contributed by atoms with Gasteiger partial charge in [0.05, 0.1) is 17.8 Å². The molecule has 1 aliphatic carbocycles. The Bertz CT molecular complexity index is 416. The Hall–Kier alpha value is -0.525. The van der Waals surface area contributed by atoms with E-state index in [0.717, 1.165) is 18.3 Å². The number of rotatable bonds is 4. The topological polar surface area (TPSA) is 27.7 Å². The Labute approximate surface area is 130 Å². The molecule has 1 aliphatic heterocycles. The summed E-state index contributed by atoms with van der Waals surface area (Å²) in [6.07, 6.45) is 0.0630. The van der Waals surface area contributed by atoms with Gasteiger partial charge < -0.3 is 14.0 Å². The molecule has 1 saturated heterocycles. The normalized spacial score (nSPS) is 27.9. The average molecular weight is 320 g/mol. The summed E-state index contributed by atoms with van der Waals surface area (Å²) in [4.78, 5) is 0. The second-order valence-electron chi connectivity index (χ2n) is 7.14. The molecule has 0 aromatic rings. The van der Waals surface area contributed by atoms with Gasteiger partial charge in [-0.05, 0) is 58.3 Å². The quantitative estimate of drug-likeness (QED) is 0.735. The highest BCUT2D eigenvalue weighted by Crippen LogP contribution is 2.40. The van der Waals surface area contributed by atoms with Crippen LogP contribution in [0.1, 0.15) is 47.0 Å². The third kappa shape index (κ3) is 4.27. The fourth-order valence-electron chi connectivity index (χ4n) is 2.61. The number of allylic oxidation sites excluding steroid dienone is 2. The van der Waals surface area contributed by atoms with Gasteiger partial charge in [-0.2, -0.15) is 13.2 Å². The molecule has 7 heteroatoms. The molecule has 1 heterocycles. The Kier molecular flexibility index (Phi) is 5.00. The monoisotopic (exact) mass is 320 g/mol. The number of hydrogen-bond donors (Lipinski definition) is 0. The first-order valence-corrected chi connectivity index (χ1v) is 7.69. The molecule has 0 N–H and O–H groups in total. The molecule has 0 spiro atoms. The van der Waals surface area contributed by atoms with Gasteiger partial charge in [0.15, 0.2) is 0 Å². The van der Waals surface area contributed by atoms with Gasteiger partial charge in [-0.15, -0.1) is 0 Å². The van der Waals surface area contributed by atoms with E-state index in [-0.39, 0.29) is 30.8 Å². The van der Waals surface area contributed by atoms with Crippen LogP contribution in [0.25, 0.3) is 0 Å². The zero-order chi connectivity index (χ0) is 16.6. The second-order valence-corrected chi connectivity index (χ2v) is 7.14. The van der Waals surface area contributed by atoms with Gasteiger partial charge in [-0.3, -0.25) is 0 Å². The van der Waals surface area contributed by atoms with Crippen molar-refractivity contribution in [2.75, 3.05) is 13.2 Å². The zero-order valence-electron chi connectivity index (χ0n) is 13.6. The molecule has 126 valence electrons. The van der Waals surface area contributed by atoms with E-state index in [9.17, 15) is 13.2 Å². The van der Waals surface area contributed by atoms with Crippen molar-refractivity contribution in [2.45, 2.75) is 64.3 Å². The molecular weight excluding hydrogens is 296 g/mol. The van der Waals surface area contributed by atoms with Crippen LogP contribution in [-0.4, -0.2) is 37.7 Å². The highest BCUT2D eigenvalue weighted by molar-refractivity contribution is 6.54. The van der Waals surface area contributed by atoms with Crippen LogP contribution in [0.15, 0.2) is 11.5 Å². The molecule has 1 fully saturated rings. The Balaban J connectivity index is 1.83. The first kappa shape index (κ1) is 17.8. The average Bonchev–Trinajstić information content (AvgIpc) is 2.58. The Morgan fingerprint density at radius 1 is 1.23 bits per heavy atom. The van der Waals surface area contributed by atoms with Crippen molar-refractivity contribution in [1.29, 1.82) is 0 Å². The molecule has 0 bridgehead atoms. The molecule has 2 rings (SSSR count). The molecule has 22 heavy (non-hydrogen) atoms. The van der Waals surface area contributed by atoms with Gasteiger partial charge in [0, 0.05) is 0 Å². The summed E-state index contributed by atoms with van der Waals surface area (Å²) in [7, 11) is -0.345. The van der Waals surface area contributed by atoms with E-state index in [1.807, 2.05) is 33.8 Å². The molecule has 3 nitrogen and oxygen atoms in total. The fourth-order valence-corrected chi connectivity index (χ4v) is 2.61. The first-order valence-electron chi connectivity index (χ1n) is 7.69. The Morgan fingerprint density at radius 2 is 1.82 bits per heavy atom. The minimum Gasteiger partial charge on any atom is -0.400 e. The lowest BCUT2D eigenvalue weighted by Gasteiger charge is -2.32. The van der Waals surface area contributed by atoms with Crippen molar-refractivity contribution in [3.05, 3.63) is 11.5 Å². The van der Waals surface area contributed by atoms with E-state index in [1.165, 1.54) is 0 Å². The van der Waals surface area contributed by atoms with E-state index in [0.29, 0.717) is 6.42 Å². The summed E-state index contributed by atoms with van der Waals surface area (Å²) < 4.78 is 52.9. The highest BCUT2D eigenvalue weighted by atomic mass is 19.4. The van der Waals surface area contributed by atoms with Crippen LogP contribution in [0.3, 0.4) is 0 Å². The fraction of sp³-hybridized carbons (Fsp3) is 0.867. The van der Waals surface area contributed by atoms with Crippen LogP contribution in [0, 0.1) is 5.92 Å². The maximum atomic E-state index is 12.1. The largest absolute Gasteiger partial charge is 0.490 e. The first-order chi connectivity index (χ1) is 10.0. The molecular formula is C15H24BF3O3. The molecule has 0 amide bonds. The van der Waals surface area contributed by atoms with Crippen LogP contribution < -0.4 is 0 Å². The highest BCUT2D eigenvalue weighted by Gasteiger charge is 2.52. The van der Waals surface area contributed by atoms with Gasteiger partial charge in [-0.1, -0.05) is 6.08 Å². The van der Waals surface area contributed by atoms with Crippen LogP contribution in [-0.2, 0) is 14.0 Å². The summed E-state index contributed by atoms with van der Waals surface area (Å²) in [5.74, 6) is 0.133. The number of halogens is 3. The molecule has 0 aromatic carbocycles. The van der Waals surface area contributed by atoms with Crippen molar-refractivity contribution >= 4 is 7.12 Å². The molecule has 2 aliphatic rings. The lowest BCUT2D eigenvalue weighted by molar-refractivity contribution is -0.176. The van der Waals surface area contributed by atoms with Crippen molar-refractivity contribution in [3.8, 4) is 0 Å². The minimum atomic E-state index is -4.25.